The van der Waals surface area contributed by atoms with Crippen molar-refractivity contribution in [2.45, 2.75) is 38.8 Å². The van der Waals surface area contributed by atoms with Crippen molar-refractivity contribution in [3.05, 3.63) is 48.4 Å². The molecule has 0 unspecified atom stereocenters. The van der Waals surface area contributed by atoms with Crippen molar-refractivity contribution in [2.24, 2.45) is 0 Å². The van der Waals surface area contributed by atoms with Crippen molar-refractivity contribution >= 4 is 45.6 Å². The summed E-state index contributed by atoms with van der Waals surface area (Å²) in [5.41, 5.74) is 3.16. The number of fused-ring (bicyclic) bond motifs is 1. The Hall–Kier alpha value is -3.49. The van der Waals surface area contributed by atoms with Crippen LogP contribution in [0.4, 0.5) is 5.95 Å². The second kappa shape index (κ2) is 12.7. The monoisotopic (exact) mass is 538 g/mol. The Bertz CT molecular complexity index is 1330. The third kappa shape index (κ3) is 6.45. The van der Waals surface area contributed by atoms with Crippen molar-refractivity contribution in [3.8, 4) is 17.3 Å². The molecule has 0 amide bonds. The van der Waals surface area contributed by atoms with Crippen molar-refractivity contribution in [1.29, 1.82) is 5.26 Å². The van der Waals surface area contributed by atoms with Gasteiger partial charge >= 0.3 is 6.15 Å². The van der Waals surface area contributed by atoms with E-state index in [0.29, 0.717) is 18.4 Å². The van der Waals surface area contributed by atoms with Crippen LogP contribution < -0.4 is 5.32 Å². The number of hydrogen-bond donors (Lipinski definition) is 1. The van der Waals surface area contributed by atoms with Gasteiger partial charge in [-0.3, -0.25) is 4.68 Å². The van der Waals surface area contributed by atoms with Crippen LogP contribution >= 0.6 is 23.3 Å². The number of thiophene rings is 1. The zero-order valence-electron chi connectivity index (χ0n) is 21.3. The van der Waals surface area contributed by atoms with E-state index < -0.39 is 0 Å². The molecule has 10 nitrogen and oxygen atoms in total. The topological polar surface area (TPSA) is 120 Å². The summed E-state index contributed by atoms with van der Waals surface area (Å²) < 4.78 is 5.26. The van der Waals surface area contributed by atoms with Gasteiger partial charge < -0.3 is 10.2 Å². The first-order valence-corrected chi connectivity index (χ1v) is 13.5. The Labute approximate surface area is 224 Å². The smallest absolute Gasteiger partial charge is 0.373 e. The highest BCUT2D eigenvalue weighted by Gasteiger charge is 2.45. The summed E-state index contributed by atoms with van der Waals surface area (Å²) in [6.07, 6.45) is 8.31. The maximum atomic E-state index is 9.46. The summed E-state index contributed by atoms with van der Waals surface area (Å²) in [4.78, 5) is 27.9. The molecular formula is C25H30N8O2S2. The maximum absolute atomic E-state index is 9.46. The third-order valence-corrected chi connectivity index (χ3v) is 7.73. The van der Waals surface area contributed by atoms with E-state index >= 15 is 0 Å². The molecule has 12 heteroatoms. The van der Waals surface area contributed by atoms with Gasteiger partial charge in [0.05, 0.1) is 40.3 Å². The number of carbonyl (C=O) groups excluding carboxylic acids is 2. The number of hydrogen-bond acceptors (Lipinski definition) is 11. The molecule has 1 aliphatic rings. The summed E-state index contributed by atoms with van der Waals surface area (Å²) in [6.45, 7) is 11.9. The van der Waals surface area contributed by atoms with Crippen LogP contribution in [-0.4, -0.2) is 67.0 Å². The standard InChI is InChI=1S/C24H30N8S2.CO2/c1-6-19(14-30(5)17(3)4)27-23-28-20-8-11-33-22(20)21(29-23)18-12-26-32(13-18)24(9-10-25)15-31(16-24)34-7-2;2-1-3/h6,8,11-14,17H,1,7,9,15-16H2,2-5H3,(H,27,28,29);/b19-14+;. The number of nitrogens with zero attached hydrogens (tertiary/aromatic N) is 7. The summed E-state index contributed by atoms with van der Waals surface area (Å²) in [7, 11) is 2.02. The average molecular weight is 539 g/mol. The molecule has 194 valence electrons. The van der Waals surface area contributed by atoms with Crippen LogP contribution in [0.1, 0.15) is 27.2 Å². The lowest BCUT2D eigenvalue weighted by molar-refractivity contribution is -0.191. The summed E-state index contributed by atoms with van der Waals surface area (Å²) >= 11 is 3.42. The van der Waals surface area contributed by atoms with Crippen LogP contribution in [0.2, 0.25) is 0 Å². The van der Waals surface area contributed by atoms with Gasteiger partial charge in [-0.1, -0.05) is 25.5 Å². The molecule has 1 aliphatic heterocycles. The van der Waals surface area contributed by atoms with E-state index in [1.165, 1.54) is 0 Å². The number of nitriles is 1. The van der Waals surface area contributed by atoms with E-state index in [2.05, 4.69) is 53.0 Å². The summed E-state index contributed by atoms with van der Waals surface area (Å²) in [5.74, 6) is 1.53. The van der Waals surface area contributed by atoms with E-state index in [0.717, 1.165) is 46.0 Å². The molecule has 0 aromatic carbocycles. The minimum Gasteiger partial charge on any atom is -0.376 e. The SMILES string of the molecule is C=C/C(=C\N(C)C(C)C)Nc1nc(-c2cnn(C3(CC#N)CN(SCC)C3)c2)c2sccc2n1.O=C=O. The lowest BCUT2D eigenvalue weighted by Gasteiger charge is -2.48. The minimum atomic E-state index is -0.294. The number of allylic oxidation sites excluding steroid dienone is 1. The van der Waals surface area contributed by atoms with Crippen LogP contribution in [0, 0.1) is 11.3 Å². The van der Waals surface area contributed by atoms with Gasteiger partial charge in [0, 0.05) is 49.9 Å². The first-order chi connectivity index (χ1) is 17.8. The molecule has 3 aromatic heterocycles. The molecule has 0 radical (unpaired) electrons. The molecule has 4 rings (SSSR count). The van der Waals surface area contributed by atoms with Gasteiger partial charge in [-0.2, -0.15) is 19.9 Å². The molecule has 3 aromatic rings. The fourth-order valence-electron chi connectivity index (χ4n) is 3.82. The fraction of sp³-hybridized carbons (Fsp3) is 0.400. The number of rotatable bonds is 10. The maximum Gasteiger partial charge on any atom is 0.373 e. The largest absolute Gasteiger partial charge is 0.376 e. The quantitative estimate of drug-likeness (QED) is 0.295. The van der Waals surface area contributed by atoms with E-state index in [9.17, 15) is 5.26 Å². The van der Waals surface area contributed by atoms with Crippen molar-refractivity contribution < 1.29 is 9.59 Å². The van der Waals surface area contributed by atoms with E-state index in [4.69, 9.17) is 19.6 Å². The number of aromatic nitrogens is 4. The number of nitrogens with one attached hydrogen (secondary N) is 1. The Morgan fingerprint density at radius 1 is 1.41 bits per heavy atom. The van der Waals surface area contributed by atoms with Crippen LogP contribution in [0.3, 0.4) is 0 Å². The minimum absolute atomic E-state index is 0.250. The highest BCUT2D eigenvalue weighted by atomic mass is 32.2. The Balaban J connectivity index is 0.00000121. The summed E-state index contributed by atoms with van der Waals surface area (Å²) in [5, 5.41) is 19.5. The molecule has 4 heterocycles. The molecule has 0 bridgehead atoms. The Morgan fingerprint density at radius 2 is 2.14 bits per heavy atom. The lowest BCUT2D eigenvalue weighted by Crippen LogP contribution is -2.60. The van der Waals surface area contributed by atoms with E-state index in [-0.39, 0.29) is 11.7 Å². The van der Waals surface area contributed by atoms with E-state index in [1.807, 2.05) is 41.8 Å². The van der Waals surface area contributed by atoms with Gasteiger partial charge in [-0.25, -0.2) is 14.3 Å². The van der Waals surface area contributed by atoms with Gasteiger partial charge in [0.25, 0.3) is 0 Å². The average Bonchev–Trinajstić information content (AvgIpc) is 3.52. The van der Waals surface area contributed by atoms with Crippen LogP contribution in [-0.2, 0) is 15.1 Å². The molecule has 1 fully saturated rings. The molecule has 0 atom stereocenters. The summed E-state index contributed by atoms with van der Waals surface area (Å²) in [6, 6.07) is 4.72. The third-order valence-electron chi connectivity index (χ3n) is 5.94. The number of anilines is 1. The van der Waals surface area contributed by atoms with Crippen LogP contribution in [0.15, 0.2) is 48.4 Å². The molecule has 1 N–H and O–H groups in total. The zero-order chi connectivity index (χ0) is 27.0. The second-order valence-electron chi connectivity index (χ2n) is 8.74. The van der Waals surface area contributed by atoms with Crippen molar-refractivity contribution in [3.63, 3.8) is 0 Å². The van der Waals surface area contributed by atoms with Crippen LogP contribution in [0.5, 0.6) is 0 Å². The Morgan fingerprint density at radius 3 is 2.76 bits per heavy atom. The predicted octanol–water partition coefficient (Wildman–Crippen LogP) is 4.34. The van der Waals surface area contributed by atoms with Gasteiger partial charge in [0.15, 0.2) is 0 Å². The van der Waals surface area contributed by atoms with Crippen molar-refractivity contribution in [1.82, 2.24) is 29.0 Å². The Kier molecular flexibility index (Phi) is 9.60. The molecule has 0 spiro atoms. The van der Waals surface area contributed by atoms with Gasteiger partial charge in [-0.15, -0.1) is 11.3 Å². The first-order valence-electron chi connectivity index (χ1n) is 11.7. The van der Waals surface area contributed by atoms with Crippen molar-refractivity contribution in [2.75, 3.05) is 31.2 Å². The van der Waals surface area contributed by atoms with Crippen LogP contribution in [0.25, 0.3) is 21.5 Å². The normalized spacial score (nSPS) is 14.8. The van der Waals surface area contributed by atoms with Gasteiger partial charge in [0.2, 0.25) is 5.95 Å². The lowest BCUT2D eigenvalue weighted by atomic mass is 9.89. The molecule has 0 saturated carbocycles. The fourth-order valence-corrected chi connectivity index (χ4v) is 5.69. The van der Waals surface area contributed by atoms with Gasteiger partial charge in [-0.05, 0) is 31.4 Å². The van der Waals surface area contributed by atoms with Gasteiger partial charge in [0.1, 0.15) is 5.54 Å². The molecule has 0 aliphatic carbocycles. The molecule has 1 saturated heterocycles. The first kappa shape index (κ1) is 28.1. The highest BCUT2D eigenvalue weighted by molar-refractivity contribution is 7.97. The van der Waals surface area contributed by atoms with E-state index in [1.54, 1.807) is 29.4 Å². The second-order valence-corrected chi connectivity index (χ2v) is 11.0. The highest BCUT2D eigenvalue weighted by Crippen LogP contribution is 2.38. The molecule has 37 heavy (non-hydrogen) atoms. The molecular weight excluding hydrogens is 508 g/mol. The zero-order valence-corrected chi connectivity index (χ0v) is 23.0. The predicted molar refractivity (Wildman–Crippen MR) is 146 cm³/mol.